The molecule has 0 unspecified atom stereocenters. The van der Waals surface area contributed by atoms with Crippen LogP contribution in [0.5, 0.6) is 5.75 Å². The molecule has 0 aromatic heterocycles. The number of likely N-dealkylation sites (N-methyl/N-ethyl adjacent to an activating group) is 1. The van der Waals surface area contributed by atoms with Crippen molar-refractivity contribution in [1.82, 2.24) is 9.80 Å². The van der Waals surface area contributed by atoms with E-state index in [2.05, 4.69) is 29.2 Å². The van der Waals surface area contributed by atoms with Gasteiger partial charge in [-0.3, -0.25) is 9.59 Å². The van der Waals surface area contributed by atoms with E-state index in [0.717, 1.165) is 67.8 Å². The number of unbranched alkanes of at least 4 members (excludes halogenated alkanes) is 3. The predicted octanol–water partition coefficient (Wildman–Crippen LogP) is 5.94. The Morgan fingerprint density at radius 3 is 2.00 bits per heavy atom. The first-order chi connectivity index (χ1) is 21.2. The number of esters is 1. The zero-order valence-electron chi connectivity index (χ0n) is 26.5. The molecule has 7 heteroatoms. The molecule has 0 bridgehead atoms. The van der Waals surface area contributed by atoms with Crippen molar-refractivity contribution >= 4 is 11.9 Å². The summed E-state index contributed by atoms with van der Waals surface area (Å²) in [6, 6.07) is 28.1. The van der Waals surface area contributed by atoms with E-state index < -0.39 is 11.0 Å². The number of carbonyl (C=O) groups is 2. The molecule has 0 radical (unpaired) electrons. The highest BCUT2D eigenvalue weighted by atomic mass is 16.5. The van der Waals surface area contributed by atoms with Crippen molar-refractivity contribution in [2.75, 3.05) is 46.9 Å². The lowest BCUT2D eigenvalue weighted by Crippen LogP contribution is -2.48. The molecule has 4 rings (SSSR count). The van der Waals surface area contributed by atoms with Crippen molar-refractivity contribution in [1.29, 1.82) is 0 Å². The van der Waals surface area contributed by atoms with Crippen molar-refractivity contribution in [3.63, 3.8) is 0 Å². The van der Waals surface area contributed by atoms with Crippen LogP contribution in [-0.2, 0) is 25.3 Å². The number of carbonyl (C=O) groups excluding carboxylic acids is 2. The molecule has 1 aliphatic heterocycles. The van der Waals surface area contributed by atoms with Gasteiger partial charge in [-0.2, -0.15) is 0 Å². The molecule has 1 saturated heterocycles. The molecule has 3 aromatic carbocycles. The number of benzene rings is 3. The van der Waals surface area contributed by atoms with Crippen molar-refractivity contribution < 1.29 is 24.2 Å². The molecule has 7 nitrogen and oxygen atoms in total. The van der Waals surface area contributed by atoms with Gasteiger partial charge in [0.25, 0.3) is 0 Å². The average Bonchev–Trinajstić information content (AvgIpc) is 3.04. The van der Waals surface area contributed by atoms with Crippen LogP contribution in [0.15, 0.2) is 84.9 Å². The predicted molar refractivity (Wildman–Crippen MR) is 174 cm³/mol. The minimum atomic E-state index is -0.915. The van der Waals surface area contributed by atoms with Crippen molar-refractivity contribution in [3.8, 4) is 5.75 Å². The molecule has 1 amide bonds. The van der Waals surface area contributed by atoms with Gasteiger partial charge < -0.3 is 24.4 Å². The summed E-state index contributed by atoms with van der Waals surface area (Å²) < 4.78 is 11.0. The summed E-state index contributed by atoms with van der Waals surface area (Å²) >= 11 is 0. The molecule has 44 heavy (non-hydrogen) atoms. The number of hydrogen-bond acceptors (Lipinski definition) is 6. The number of ether oxygens (including phenoxy) is 2. The molecular weight excluding hydrogens is 552 g/mol. The first-order valence-electron chi connectivity index (χ1n) is 15.9. The van der Waals surface area contributed by atoms with E-state index in [0.29, 0.717) is 32.5 Å². The minimum absolute atomic E-state index is 0.0715. The quantitative estimate of drug-likeness (QED) is 0.172. The monoisotopic (exact) mass is 600 g/mol. The maximum atomic E-state index is 14.0. The third-order valence-corrected chi connectivity index (χ3v) is 8.77. The number of hydrogen-bond donors (Lipinski definition) is 1. The van der Waals surface area contributed by atoms with Crippen molar-refractivity contribution in [2.24, 2.45) is 0 Å². The van der Waals surface area contributed by atoms with Crippen LogP contribution < -0.4 is 4.74 Å². The van der Waals surface area contributed by atoms with E-state index >= 15 is 0 Å². The van der Waals surface area contributed by atoms with Crippen LogP contribution in [0.4, 0.5) is 0 Å². The highest BCUT2D eigenvalue weighted by molar-refractivity contribution is 5.92. The summed E-state index contributed by atoms with van der Waals surface area (Å²) in [5.41, 5.74) is 1.17. The SMILES string of the molecule is CC(=O)OCCCCCCOc1cccc(C2(O)CCN(CCC(C(=O)N(C)C)(c3ccccc3)c3ccccc3)CC2)c1. The summed E-state index contributed by atoms with van der Waals surface area (Å²) in [6.07, 6.45) is 5.67. The third-order valence-electron chi connectivity index (χ3n) is 8.77. The fourth-order valence-electron chi connectivity index (χ4n) is 6.24. The standard InChI is InChI=1S/C37H48N2O5/c1-30(40)43-27-12-4-5-13-28-44-34-20-14-19-33(29-34)36(42)21-24-39(25-22-36)26-23-37(35(41)38(2)3,31-15-8-6-9-16-31)32-17-10-7-11-18-32/h6-11,14-20,29,42H,4-5,12-13,21-28H2,1-3H3. The molecule has 1 heterocycles. The molecule has 3 aromatic rings. The molecule has 0 saturated carbocycles. The second-order valence-electron chi connectivity index (χ2n) is 12.1. The fourth-order valence-corrected chi connectivity index (χ4v) is 6.24. The number of rotatable bonds is 15. The smallest absolute Gasteiger partial charge is 0.302 e. The lowest BCUT2D eigenvalue weighted by molar-refractivity contribution is -0.141. The van der Waals surface area contributed by atoms with Gasteiger partial charge >= 0.3 is 5.97 Å². The number of aliphatic hydroxyl groups is 1. The molecule has 1 fully saturated rings. The second kappa shape index (κ2) is 15.9. The first-order valence-corrected chi connectivity index (χ1v) is 15.9. The Kier molecular flexibility index (Phi) is 12.0. The van der Waals surface area contributed by atoms with E-state index in [-0.39, 0.29) is 11.9 Å². The maximum Gasteiger partial charge on any atom is 0.302 e. The Bertz CT molecular complexity index is 1280. The number of amides is 1. The Balaban J connectivity index is 1.36. The van der Waals surface area contributed by atoms with Crippen molar-refractivity contribution in [3.05, 3.63) is 102 Å². The number of nitrogens with zero attached hydrogens (tertiary/aromatic N) is 2. The van der Waals surface area contributed by atoms with Crippen LogP contribution >= 0.6 is 0 Å². The Morgan fingerprint density at radius 2 is 1.43 bits per heavy atom. The fraction of sp³-hybridized carbons (Fsp3) is 0.459. The van der Waals surface area contributed by atoms with E-state index in [1.54, 1.807) is 4.90 Å². The van der Waals surface area contributed by atoms with Gasteiger partial charge in [0.2, 0.25) is 5.91 Å². The Hall–Kier alpha value is -3.68. The topological polar surface area (TPSA) is 79.3 Å². The van der Waals surface area contributed by atoms with Crippen LogP contribution in [-0.4, -0.2) is 73.7 Å². The Labute approximate surface area is 262 Å². The summed E-state index contributed by atoms with van der Waals surface area (Å²) in [6.45, 7) is 4.74. The molecular formula is C37H48N2O5. The summed E-state index contributed by atoms with van der Waals surface area (Å²) in [5.74, 6) is 0.614. The van der Waals surface area contributed by atoms with Crippen LogP contribution in [0.3, 0.4) is 0 Å². The number of piperidine rings is 1. The van der Waals surface area contributed by atoms with Gasteiger partial charge in [-0.05, 0) is 80.3 Å². The summed E-state index contributed by atoms with van der Waals surface area (Å²) in [5, 5.41) is 11.7. The van der Waals surface area contributed by atoms with Gasteiger partial charge in [-0.15, -0.1) is 0 Å². The highest BCUT2D eigenvalue weighted by Crippen LogP contribution is 2.39. The van der Waals surface area contributed by atoms with Gasteiger partial charge in [0.1, 0.15) is 11.2 Å². The first kappa shape index (κ1) is 33.2. The molecule has 0 atom stereocenters. The minimum Gasteiger partial charge on any atom is -0.494 e. The normalized spacial score (nSPS) is 15.0. The van der Waals surface area contributed by atoms with Gasteiger partial charge in [-0.25, -0.2) is 0 Å². The van der Waals surface area contributed by atoms with Crippen LogP contribution in [0, 0.1) is 0 Å². The molecule has 1 N–H and O–H groups in total. The van der Waals surface area contributed by atoms with E-state index in [1.165, 1.54) is 6.92 Å². The zero-order valence-corrected chi connectivity index (χ0v) is 26.5. The van der Waals surface area contributed by atoms with E-state index in [4.69, 9.17) is 9.47 Å². The van der Waals surface area contributed by atoms with Gasteiger partial charge in [0.05, 0.1) is 18.8 Å². The molecule has 236 valence electrons. The highest BCUT2D eigenvalue weighted by Gasteiger charge is 2.43. The largest absolute Gasteiger partial charge is 0.494 e. The molecule has 0 spiro atoms. The lowest BCUT2D eigenvalue weighted by atomic mass is 9.70. The van der Waals surface area contributed by atoms with Crippen LogP contribution in [0.1, 0.15) is 68.6 Å². The second-order valence-corrected chi connectivity index (χ2v) is 12.1. The summed E-state index contributed by atoms with van der Waals surface area (Å²) in [4.78, 5) is 28.9. The zero-order chi connectivity index (χ0) is 31.4. The third kappa shape index (κ3) is 8.48. The van der Waals surface area contributed by atoms with Gasteiger partial charge in [-0.1, -0.05) is 72.8 Å². The maximum absolute atomic E-state index is 14.0. The van der Waals surface area contributed by atoms with E-state index in [1.807, 2.05) is 74.8 Å². The summed E-state index contributed by atoms with van der Waals surface area (Å²) in [7, 11) is 3.66. The Morgan fingerprint density at radius 1 is 0.841 bits per heavy atom. The lowest BCUT2D eigenvalue weighted by Gasteiger charge is -2.41. The van der Waals surface area contributed by atoms with E-state index in [9.17, 15) is 14.7 Å². The van der Waals surface area contributed by atoms with Crippen molar-refractivity contribution in [2.45, 2.75) is 62.9 Å². The average molecular weight is 601 g/mol. The molecule has 1 aliphatic rings. The number of likely N-dealkylation sites (tertiary alicyclic amines) is 1. The molecule has 0 aliphatic carbocycles. The van der Waals surface area contributed by atoms with Gasteiger partial charge in [0, 0.05) is 34.1 Å². The van der Waals surface area contributed by atoms with Gasteiger partial charge in [0.15, 0.2) is 0 Å². The van der Waals surface area contributed by atoms with Crippen LogP contribution in [0.2, 0.25) is 0 Å². The van der Waals surface area contributed by atoms with Crippen LogP contribution in [0.25, 0.3) is 0 Å².